The van der Waals surface area contributed by atoms with Gasteiger partial charge in [0, 0.05) is 48.9 Å². The molecule has 0 radical (unpaired) electrons. The Kier molecular flexibility index (Phi) is 8.56. The highest BCUT2D eigenvalue weighted by atomic mass is 16.3. The third-order valence-electron chi connectivity index (χ3n) is 4.69. The van der Waals surface area contributed by atoms with Gasteiger partial charge in [0.1, 0.15) is 0 Å². The summed E-state index contributed by atoms with van der Waals surface area (Å²) in [7, 11) is 0. The fraction of sp³-hybridized carbons (Fsp3) is 0.737. The minimum absolute atomic E-state index is 0.0235. The van der Waals surface area contributed by atoms with E-state index >= 15 is 0 Å². The molecular formula is C19H34N2O2. The van der Waals surface area contributed by atoms with Gasteiger partial charge >= 0.3 is 0 Å². The highest BCUT2D eigenvalue weighted by Crippen LogP contribution is 2.25. The van der Waals surface area contributed by atoms with Crippen LogP contribution < -0.4 is 0 Å². The van der Waals surface area contributed by atoms with Crippen LogP contribution in [0.15, 0.2) is 23.5 Å². The zero-order chi connectivity index (χ0) is 17.4. The smallest absolute Gasteiger partial charge is 0.162 e. The number of hydrogen-bond donors (Lipinski definition) is 1. The van der Waals surface area contributed by atoms with E-state index in [0.29, 0.717) is 24.0 Å². The van der Waals surface area contributed by atoms with Crippen LogP contribution >= 0.6 is 0 Å². The van der Waals surface area contributed by atoms with Gasteiger partial charge < -0.3 is 10.0 Å². The highest BCUT2D eigenvalue weighted by molar-refractivity contribution is 5.95. The molecule has 0 saturated carbocycles. The van der Waals surface area contributed by atoms with Gasteiger partial charge in [0.15, 0.2) is 5.78 Å². The minimum Gasteiger partial charge on any atom is -0.391 e. The molecule has 1 fully saturated rings. The molecule has 0 aromatic rings. The maximum absolute atomic E-state index is 12.0. The van der Waals surface area contributed by atoms with Gasteiger partial charge in [-0.1, -0.05) is 33.3 Å². The van der Waals surface area contributed by atoms with E-state index in [9.17, 15) is 9.90 Å². The first kappa shape index (κ1) is 19.9. The number of hydrogen-bond acceptors (Lipinski definition) is 4. The molecule has 0 amide bonds. The summed E-state index contributed by atoms with van der Waals surface area (Å²) in [6, 6.07) is 0.425. The normalized spacial score (nSPS) is 25.7. The number of ketones is 1. The van der Waals surface area contributed by atoms with Gasteiger partial charge in [-0.15, -0.1) is 0 Å². The molecule has 1 saturated heterocycles. The molecule has 2 atom stereocenters. The van der Waals surface area contributed by atoms with E-state index in [4.69, 9.17) is 0 Å². The number of aliphatic hydroxyl groups is 1. The molecule has 1 heterocycles. The first-order chi connectivity index (χ1) is 11.0. The van der Waals surface area contributed by atoms with E-state index in [2.05, 4.69) is 43.6 Å². The summed E-state index contributed by atoms with van der Waals surface area (Å²) in [6.45, 7) is 13.4. The lowest BCUT2D eigenvalue weighted by Gasteiger charge is -2.28. The number of carbonyl (C=O) groups is 1. The zero-order valence-electron chi connectivity index (χ0n) is 15.5. The fourth-order valence-corrected chi connectivity index (χ4v) is 3.28. The molecule has 0 aliphatic carbocycles. The van der Waals surface area contributed by atoms with E-state index in [0.717, 1.165) is 19.6 Å². The summed E-state index contributed by atoms with van der Waals surface area (Å²) < 4.78 is 0. The van der Waals surface area contributed by atoms with Crippen molar-refractivity contribution in [2.75, 3.05) is 26.2 Å². The molecule has 4 heteroatoms. The van der Waals surface area contributed by atoms with Gasteiger partial charge in [-0.3, -0.25) is 9.69 Å². The van der Waals surface area contributed by atoms with Crippen molar-refractivity contribution in [3.8, 4) is 0 Å². The van der Waals surface area contributed by atoms with Crippen molar-refractivity contribution in [2.45, 2.75) is 59.9 Å². The number of aliphatic hydroxyl groups excluding tert-OH is 1. The SMILES string of the molecule is C/C=C1/C(C)CN(CCCC)C(C)CN1/C=C(/CO)C(=O)CC. The number of allylic oxidation sites excluding steroid dienone is 1. The van der Waals surface area contributed by atoms with Crippen LogP contribution in [0.1, 0.15) is 53.9 Å². The topological polar surface area (TPSA) is 43.8 Å². The number of carbonyl (C=O) groups excluding carboxylic acids is 1. The molecule has 1 aliphatic rings. The molecule has 4 nitrogen and oxygen atoms in total. The summed E-state index contributed by atoms with van der Waals surface area (Å²) in [5.41, 5.74) is 1.75. The zero-order valence-corrected chi connectivity index (χ0v) is 15.5. The Hall–Kier alpha value is -1.13. The van der Waals surface area contributed by atoms with E-state index in [1.54, 1.807) is 0 Å². The number of rotatable bonds is 7. The van der Waals surface area contributed by atoms with Crippen LogP contribution in [-0.4, -0.2) is 53.0 Å². The van der Waals surface area contributed by atoms with E-state index in [1.807, 2.05) is 13.1 Å². The average Bonchev–Trinajstić information content (AvgIpc) is 2.65. The first-order valence-electron chi connectivity index (χ1n) is 8.99. The van der Waals surface area contributed by atoms with Crippen LogP contribution in [0.5, 0.6) is 0 Å². The highest BCUT2D eigenvalue weighted by Gasteiger charge is 2.27. The Morgan fingerprint density at radius 3 is 2.52 bits per heavy atom. The second-order valence-electron chi connectivity index (χ2n) is 6.55. The molecule has 1 aliphatic heterocycles. The maximum Gasteiger partial charge on any atom is 0.162 e. The van der Waals surface area contributed by atoms with E-state index in [-0.39, 0.29) is 12.4 Å². The van der Waals surface area contributed by atoms with Gasteiger partial charge in [-0.05, 0) is 26.8 Å². The van der Waals surface area contributed by atoms with Crippen molar-refractivity contribution in [1.82, 2.24) is 9.80 Å². The van der Waals surface area contributed by atoms with Gasteiger partial charge in [-0.25, -0.2) is 0 Å². The van der Waals surface area contributed by atoms with E-state index in [1.165, 1.54) is 18.5 Å². The predicted octanol–water partition coefficient (Wildman–Crippen LogP) is 3.19. The van der Waals surface area contributed by atoms with Crippen molar-refractivity contribution in [2.24, 2.45) is 5.92 Å². The number of nitrogens with zero attached hydrogens (tertiary/aromatic N) is 2. The summed E-state index contributed by atoms with van der Waals surface area (Å²) in [4.78, 5) is 16.7. The van der Waals surface area contributed by atoms with Gasteiger partial charge in [0.25, 0.3) is 0 Å². The second-order valence-corrected chi connectivity index (χ2v) is 6.55. The van der Waals surface area contributed by atoms with Crippen molar-refractivity contribution < 1.29 is 9.90 Å². The molecule has 2 unspecified atom stereocenters. The van der Waals surface area contributed by atoms with Gasteiger partial charge in [0.2, 0.25) is 0 Å². The van der Waals surface area contributed by atoms with Crippen LogP contribution in [-0.2, 0) is 4.79 Å². The lowest BCUT2D eigenvalue weighted by Crippen LogP contribution is -2.38. The minimum atomic E-state index is -0.192. The molecule has 0 aromatic heterocycles. The van der Waals surface area contributed by atoms with Crippen LogP contribution in [0.4, 0.5) is 0 Å². The molecule has 0 bridgehead atoms. The standard InChI is InChI=1S/C19H34N2O2/c1-6-9-10-20-11-15(4)18(7-2)21(12-16(20)5)13-17(14-22)19(23)8-3/h7,13,15-16,22H,6,8-12,14H2,1-5H3/b17-13-,18-7-. The Morgan fingerprint density at radius 1 is 1.30 bits per heavy atom. The fourth-order valence-electron chi connectivity index (χ4n) is 3.28. The van der Waals surface area contributed by atoms with Crippen LogP contribution in [0.2, 0.25) is 0 Å². The summed E-state index contributed by atoms with van der Waals surface area (Å²) in [5.74, 6) is 0.435. The third-order valence-corrected chi connectivity index (χ3v) is 4.69. The molecule has 1 N–H and O–H groups in total. The molecular weight excluding hydrogens is 288 g/mol. The van der Waals surface area contributed by atoms with Crippen molar-refractivity contribution in [1.29, 1.82) is 0 Å². The van der Waals surface area contributed by atoms with Crippen LogP contribution in [0.3, 0.4) is 0 Å². The monoisotopic (exact) mass is 322 g/mol. The van der Waals surface area contributed by atoms with E-state index < -0.39 is 0 Å². The van der Waals surface area contributed by atoms with Gasteiger partial charge in [0.05, 0.1) is 6.61 Å². The largest absolute Gasteiger partial charge is 0.391 e. The lowest BCUT2D eigenvalue weighted by molar-refractivity contribution is -0.115. The Bertz CT molecular complexity index is 443. The predicted molar refractivity (Wildman–Crippen MR) is 96.0 cm³/mol. The van der Waals surface area contributed by atoms with Crippen molar-refractivity contribution in [3.05, 3.63) is 23.5 Å². The molecule has 0 aromatic carbocycles. The molecule has 132 valence electrons. The Labute approximate surface area is 141 Å². The maximum atomic E-state index is 12.0. The number of Topliss-reactive ketones (excluding diaryl/α,β-unsaturated/α-hetero) is 1. The lowest BCUT2D eigenvalue weighted by atomic mass is 10.1. The molecule has 0 spiro atoms. The summed E-state index contributed by atoms with van der Waals surface area (Å²) >= 11 is 0. The molecule has 23 heavy (non-hydrogen) atoms. The van der Waals surface area contributed by atoms with Crippen LogP contribution in [0, 0.1) is 5.92 Å². The van der Waals surface area contributed by atoms with Crippen molar-refractivity contribution in [3.63, 3.8) is 0 Å². The van der Waals surface area contributed by atoms with Crippen LogP contribution in [0.25, 0.3) is 0 Å². The average molecular weight is 322 g/mol. The van der Waals surface area contributed by atoms with Gasteiger partial charge in [-0.2, -0.15) is 0 Å². The third kappa shape index (κ3) is 5.47. The summed E-state index contributed by atoms with van der Waals surface area (Å²) in [6.07, 6.45) is 6.87. The quantitative estimate of drug-likeness (QED) is 0.731. The van der Waals surface area contributed by atoms with Crippen molar-refractivity contribution >= 4 is 5.78 Å². The number of unbranched alkanes of at least 4 members (excludes halogenated alkanes) is 1. The Morgan fingerprint density at radius 2 is 2.00 bits per heavy atom. The summed E-state index contributed by atoms with van der Waals surface area (Å²) in [5, 5.41) is 9.54. The first-order valence-corrected chi connectivity index (χ1v) is 8.99. The second kappa shape index (κ2) is 9.89. The Balaban J connectivity index is 3.05. The molecule has 1 rings (SSSR count).